The molecule has 1 heterocycles. The average molecular weight is 540 g/mol. The van der Waals surface area contributed by atoms with E-state index in [0.29, 0.717) is 51.3 Å². The Hall–Kier alpha value is -1.81. The van der Waals surface area contributed by atoms with Crippen molar-refractivity contribution >= 4 is 6.03 Å². The van der Waals surface area contributed by atoms with Gasteiger partial charge >= 0.3 is 6.03 Å². The number of piperidine rings is 1. The predicted molar refractivity (Wildman–Crippen MR) is 144 cm³/mol. The molecular formula is C29H47F2N3O4. The van der Waals surface area contributed by atoms with E-state index in [1.54, 1.807) is 12.0 Å². The van der Waals surface area contributed by atoms with Gasteiger partial charge in [-0.05, 0) is 90.2 Å². The molecule has 2 unspecified atom stereocenters. The molecule has 0 radical (unpaired) electrons. The van der Waals surface area contributed by atoms with Crippen LogP contribution in [0.5, 0.6) is 0 Å². The van der Waals surface area contributed by atoms with Gasteiger partial charge in [-0.1, -0.05) is 12.1 Å². The highest BCUT2D eigenvalue weighted by atomic mass is 19.2. The predicted octanol–water partition coefficient (Wildman–Crippen LogP) is 4.31. The van der Waals surface area contributed by atoms with Crippen LogP contribution in [0.4, 0.5) is 13.6 Å². The number of likely N-dealkylation sites (tertiary alicyclic amines) is 1. The van der Waals surface area contributed by atoms with Gasteiger partial charge in [0.25, 0.3) is 0 Å². The number of hydrogen-bond acceptors (Lipinski definition) is 5. The topological polar surface area (TPSA) is 94.1 Å². The zero-order chi connectivity index (χ0) is 27.8. The monoisotopic (exact) mass is 539 g/mol. The lowest BCUT2D eigenvalue weighted by molar-refractivity contribution is -0.0592. The Bertz CT molecular complexity index is 893. The highest BCUT2D eigenvalue weighted by Crippen LogP contribution is 2.41. The summed E-state index contributed by atoms with van der Waals surface area (Å²) in [5.41, 5.74) is -2.23. The number of benzene rings is 1. The van der Waals surface area contributed by atoms with E-state index < -0.39 is 28.8 Å². The molecule has 1 aliphatic carbocycles. The second-order valence-corrected chi connectivity index (χ2v) is 11.6. The SMILES string of the molecule is CNCC(CC1CCC(C)(O)CC1)NC(=O)N1CCCC([C@@](O)(CCCCOC)c2cccc(F)c2F)C1. The number of amides is 2. The maximum atomic E-state index is 14.9. The number of methoxy groups -OCH3 is 1. The number of unbranched alkanes of at least 4 members (excludes halogenated alkanes) is 1. The van der Waals surface area contributed by atoms with Gasteiger partial charge in [-0.3, -0.25) is 0 Å². The van der Waals surface area contributed by atoms with Crippen molar-refractivity contribution in [3.05, 3.63) is 35.4 Å². The molecule has 9 heteroatoms. The normalized spacial score (nSPS) is 26.6. The Balaban J connectivity index is 1.70. The summed E-state index contributed by atoms with van der Waals surface area (Å²) >= 11 is 0. The number of urea groups is 1. The third-order valence-corrected chi connectivity index (χ3v) is 8.54. The third-order valence-electron chi connectivity index (χ3n) is 8.54. The molecule has 1 saturated carbocycles. The number of aliphatic hydroxyl groups is 2. The Morgan fingerprint density at radius 2 is 2.00 bits per heavy atom. The van der Waals surface area contributed by atoms with Crippen LogP contribution in [-0.4, -0.2) is 73.2 Å². The van der Waals surface area contributed by atoms with E-state index in [0.717, 1.165) is 38.2 Å². The average Bonchev–Trinajstić information content (AvgIpc) is 2.89. The molecule has 0 spiro atoms. The summed E-state index contributed by atoms with van der Waals surface area (Å²) in [5.74, 6) is -1.99. The van der Waals surface area contributed by atoms with Gasteiger partial charge in [0, 0.05) is 50.9 Å². The number of nitrogens with one attached hydrogen (secondary N) is 2. The van der Waals surface area contributed by atoms with Crippen LogP contribution in [0.25, 0.3) is 0 Å². The fraction of sp³-hybridized carbons (Fsp3) is 0.759. The van der Waals surface area contributed by atoms with Gasteiger partial charge in [0.2, 0.25) is 0 Å². The van der Waals surface area contributed by atoms with Crippen molar-refractivity contribution < 1.29 is 28.5 Å². The second kappa shape index (κ2) is 14.0. The smallest absolute Gasteiger partial charge is 0.317 e. The second-order valence-electron chi connectivity index (χ2n) is 11.6. The number of halogens is 2. The van der Waals surface area contributed by atoms with E-state index in [1.165, 1.54) is 12.1 Å². The van der Waals surface area contributed by atoms with E-state index in [9.17, 15) is 23.8 Å². The Morgan fingerprint density at radius 1 is 1.26 bits per heavy atom. The van der Waals surface area contributed by atoms with E-state index >= 15 is 0 Å². The highest BCUT2D eigenvalue weighted by Gasteiger charge is 2.43. The van der Waals surface area contributed by atoms with E-state index in [4.69, 9.17) is 4.74 Å². The minimum Gasteiger partial charge on any atom is -0.390 e. The van der Waals surface area contributed by atoms with Crippen LogP contribution in [0.15, 0.2) is 18.2 Å². The van der Waals surface area contributed by atoms with E-state index in [1.807, 2.05) is 14.0 Å². The summed E-state index contributed by atoms with van der Waals surface area (Å²) in [4.78, 5) is 15.1. The number of rotatable bonds is 12. The van der Waals surface area contributed by atoms with Crippen molar-refractivity contribution in [1.82, 2.24) is 15.5 Å². The summed E-state index contributed by atoms with van der Waals surface area (Å²) in [6.07, 6.45) is 7.05. The van der Waals surface area contributed by atoms with Crippen LogP contribution in [0.3, 0.4) is 0 Å². The maximum absolute atomic E-state index is 14.9. The quantitative estimate of drug-likeness (QED) is 0.297. The van der Waals surface area contributed by atoms with Crippen LogP contribution in [0, 0.1) is 23.5 Å². The molecule has 216 valence electrons. The molecule has 0 aromatic heterocycles. The van der Waals surface area contributed by atoms with Crippen molar-refractivity contribution in [3.8, 4) is 0 Å². The molecular weight excluding hydrogens is 492 g/mol. The molecule has 3 atom stereocenters. The fourth-order valence-corrected chi connectivity index (χ4v) is 6.23. The molecule has 1 aromatic carbocycles. The van der Waals surface area contributed by atoms with Crippen LogP contribution in [0.1, 0.15) is 76.7 Å². The first-order chi connectivity index (χ1) is 18.1. The van der Waals surface area contributed by atoms with Gasteiger partial charge in [-0.15, -0.1) is 0 Å². The van der Waals surface area contributed by atoms with Gasteiger partial charge in [-0.25, -0.2) is 13.6 Å². The van der Waals surface area contributed by atoms with Gasteiger partial charge in [-0.2, -0.15) is 0 Å². The maximum Gasteiger partial charge on any atom is 0.317 e. The lowest BCUT2D eigenvalue weighted by Crippen LogP contribution is -2.54. The molecule has 1 saturated heterocycles. The van der Waals surface area contributed by atoms with Gasteiger partial charge < -0.3 is 30.5 Å². The molecule has 2 fully saturated rings. The standard InChI is InChI=1S/C29H47F2N3O4/c1-28(36)14-11-21(12-15-28)18-23(19-32-2)33-27(35)34-16-7-8-22(20-34)29(37,13-4-5-17-38-3)24-9-6-10-25(30)26(24)31/h6,9-10,21-23,32,36-37H,4-5,7-8,11-20H2,1-3H3,(H,33,35)/t21?,22?,23?,28?,29-/m0/s1. The lowest BCUT2D eigenvalue weighted by Gasteiger charge is -2.43. The van der Waals surface area contributed by atoms with Crippen molar-refractivity contribution in [2.75, 3.05) is 40.4 Å². The summed E-state index contributed by atoms with van der Waals surface area (Å²) in [7, 11) is 3.47. The first kappa shape index (κ1) is 30.7. The van der Waals surface area contributed by atoms with E-state index in [-0.39, 0.29) is 30.6 Å². The first-order valence-electron chi connectivity index (χ1n) is 14.2. The Labute approximate surface area is 226 Å². The highest BCUT2D eigenvalue weighted by molar-refractivity contribution is 5.74. The summed E-state index contributed by atoms with van der Waals surface area (Å²) in [5, 5.41) is 28.5. The number of likely N-dealkylation sites (N-methyl/N-ethyl adjacent to an activating group) is 1. The number of carbonyl (C=O) groups excluding carboxylic acids is 1. The molecule has 1 aliphatic heterocycles. The van der Waals surface area contributed by atoms with Gasteiger partial charge in [0.05, 0.1) is 11.2 Å². The minimum absolute atomic E-state index is 0.0385. The first-order valence-corrected chi connectivity index (χ1v) is 14.2. The van der Waals surface area contributed by atoms with Gasteiger partial charge in [0.1, 0.15) is 0 Å². The van der Waals surface area contributed by atoms with Crippen LogP contribution in [0.2, 0.25) is 0 Å². The number of hydrogen-bond donors (Lipinski definition) is 4. The molecule has 1 aromatic rings. The summed E-state index contributed by atoms with van der Waals surface area (Å²) in [6.45, 7) is 3.85. The Morgan fingerprint density at radius 3 is 2.68 bits per heavy atom. The zero-order valence-electron chi connectivity index (χ0n) is 23.3. The largest absolute Gasteiger partial charge is 0.390 e. The molecule has 4 N–H and O–H groups in total. The van der Waals surface area contributed by atoms with Gasteiger partial charge in [0.15, 0.2) is 11.6 Å². The van der Waals surface area contributed by atoms with Crippen molar-refractivity contribution in [2.24, 2.45) is 11.8 Å². The molecule has 38 heavy (non-hydrogen) atoms. The van der Waals surface area contributed by atoms with Crippen LogP contribution < -0.4 is 10.6 Å². The zero-order valence-corrected chi connectivity index (χ0v) is 23.3. The van der Waals surface area contributed by atoms with Crippen molar-refractivity contribution in [1.29, 1.82) is 0 Å². The molecule has 3 rings (SSSR count). The summed E-state index contributed by atoms with van der Waals surface area (Å²) in [6, 6.07) is 3.68. The summed E-state index contributed by atoms with van der Waals surface area (Å²) < 4.78 is 34.2. The molecule has 0 bridgehead atoms. The fourth-order valence-electron chi connectivity index (χ4n) is 6.23. The number of carbonyl (C=O) groups is 1. The Kier molecular flexibility index (Phi) is 11.3. The van der Waals surface area contributed by atoms with Crippen molar-refractivity contribution in [3.63, 3.8) is 0 Å². The molecule has 2 aliphatic rings. The molecule has 7 nitrogen and oxygen atoms in total. The lowest BCUT2D eigenvalue weighted by atomic mass is 9.74. The van der Waals surface area contributed by atoms with Crippen molar-refractivity contribution in [2.45, 2.75) is 88.4 Å². The van der Waals surface area contributed by atoms with Crippen LogP contribution >= 0.6 is 0 Å². The number of ether oxygens (including phenoxy) is 1. The number of nitrogens with zero attached hydrogens (tertiary/aromatic N) is 1. The minimum atomic E-state index is -1.59. The van der Waals surface area contributed by atoms with Crippen LogP contribution in [-0.2, 0) is 10.3 Å². The third kappa shape index (κ3) is 8.10. The van der Waals surface area contributed by atoms with E-state index in [2.05, 4.69) is 10.6 Å². The molecule has 2 amide bonds.